The van der Waals surface area contributed by atoms with Crippen LogP contribution in [0.25, 0.3) is 0 Å². The number of aliphatic hydroxyl groups is 3. The van der Waals surface area contributed by atoms with Gasteiger partial charge in [-0.05, 0) is 43.6 Å². The maximum atomic E-state index is 12.9. The van der Waals surface area contributed by atoms with Crippen LogP contribution in [0.4, 0.5) is 0 Å². The molecule has 1 aliphatic carbocycles. The molecule has 0 aromatic rings. The predicted octanol–water partition coefficient (Wildman–Crippen LogP) is 0.556. The minimum absolute atomic E-state index is 0.0143. The highest BCUT2D eigenvalue weighted by Gasteiger charge is 2.48. The average molecular weight is 399 g/mol. The van der Waals surface area contributed by atoms with Crippen molar-refractivity contribution < 1.29 is 24.9 Å². The normalized spacial score (nSPS) is 39.9. The van der Waals surface area contributed by atoms with E-state index in [4.69, 9.17) is 4.74 Å². The smallest absolute Gasteiger partial charge is 0.237 e. The lowest BCUT2D eigenvalue weighted by atomic mass is 9.85. The van der Waals surface area contributed by atoms with Crippen LogP contribution in [0.15, 0.2) is 0 Å². The number of carbonyl (C=O) groups is 1. The Kier molecular flexibility index (Phi) is 7.37. The summed E-state index contributed by atoms with van der Waals surface area (Å²) in [6, 6.07) is -0.658. The molecule has 3 fully saturated rings. The first-order chi connectivity index (χ1) is 13.3. The largest absolute Gasteiger partial charge is 0.388 e. The number of rotatable bonds is 8. The van der Waals surface area contributed by atoms with Gasteiger partial charge in [0.15, 0.2) is 0 Å². The summed E-state index contributed by atoms with van der Waals surface area (Å²) in [4.78, 5) is 12.9. The molecule has 8 unspecified atom stereocenters. The van der Waals surface area contributed by atoms with E-state index in [9.17, 15) is 20.1 Å². The molecular formula is C21H38N2O5. The molecule has 7 heteroatoms. The van der Waals surface area contributed by atoms with Crippen molar-refractivity contribution in [1.29, 1.82) is 0 Å². The molecular weight excluding hydrogens is 360 g/mol. The van der Waals surface area contributed by atoms with E-state index < -0.39 is 36.6 Å². The van der Waals surface area contributed by atoms with Crippen LogP contribution in [0, 0.1) is 17.8 Å². The Balaban J connectivity index is 1.65. The van der Waals surface area contributed by atoms with Gasteiger partial charge in [0.05, 0.1) is 18.2 Å². The standard InChI is InChI=1S/C21H38N2O5/c1-4-5-13-8-14(22-10-13)21(27)23-16(11(2)3)20-19(26)18(25)17(24)15(28-20)9-12-6-7-12/h11-20,22,24-26H,4-10H2,1-3H3,(H,23,27). The van der Waals surface area contributed by atoms with Crippen molar-refractivity contribution in [3.8, 4) is 0 Å². The molecule has 7 nitrogen and oxygen atoms in total. The molecule has 0 spiro atoms. The first-order valence-electron chi connectivity index (χ1n) is 11.0. The molecule has 8 atom stereocenters. The SMILES string of the molecule is CCCC1CNC(C(=O)NC(C(C)C)C2OC(CC3CC3)C(O)C(O)C2O)C1. The van der Waals surface area contributed by atoms with Crippen molar-refractivity contribution in [3.63, 3.8) is 0 Å². The summed E-state index contributed by atoms with van der Waals surface area (Å²) in [6.07, 6.45) is 1.13. The number of ether oxygens (including phenoxy) is 1. The van der Waals surface area contributed by atoms with Gasteiger partial charge in [-0.2, -0.15) is 0 Å². The third-order valence-corrected chi connectivity index (χ3v) is 6.63. The lowest BCUT2D eigenvalue weighted by Gasteiger charge is -2.45. The highest BCUT2D eigenvalue weighted by Crippen LogP contribution is 2.38. The Hall–Kier alpha value is -0.730. The molecule has 1 saturated carbocycles. The number of carbonyl (C=O) groups excluding carboxylic acids is 1. The fourth-order valence-corrected chi connectivity index (χ4v) is 4.68. The van der Waals surface area contributed by atoms with Crippen LogP contribution < -0.4 is 10.6 Å². The molecule has 0 radical (unpaired) electrons. The summed E-state index contributed by atoms with van der Waals surface area (Å²) in [5, 5.41) is 37.7. The van der Waals surface area contributed by atoms with E-state index in [0.29, 0.717) is 18.3 Å². The molecule has 2 saturated heterocycles. The van der Waals surface area contributed by atoms with Gasteiger partial charge in [-0.1, -0.05) is 40.0 Å². The van der Waals surface area contributed by atoms with E-state index in [0.717, 1.165) is 38.6 Å². The average Bonchev–Trinajstić information content (AvgIpc) is 3.35. The van der Waals surface area contributed by atoms with E-state index in [1.54, 1.807) is 0 Å². The van der Waals surface area contributed by atoms with Crippen molar-refractivity contribution >= 4 is 5.91 Å². The molecule has 0 aromatic heterocycles. The first kappa shape index (κ1) is 22.0. The van der Waals surface area contributed by atoms with Crippen LogP contribution in [-0.4, -0.2) is 70.4 Å². The summed E-state index contributed by atoms with van der Waals surface area (Å²) in [6.45, 7) is 6.95. The molecule has 0 bridgehead atoms. The zero-order chi connectivity index (χ0) is 20.4. The van der Waals surface area contributed by atoms with E-state index in [-0.39, 0.29) is 17.9 Å². The van der Waals surface area contributed by atoms with Gasteiger partial charge in [-0.3, -0.25) is 4.79 Å². The van der Waals surface area contributed by atoms with Crippen molar-refractivity contribution in [3.05, 3.63) is 0 Å². The second-order valence-corrected chi connectivity index (χ2v) is 9.42. The van der Waals surface area contributed by atoms with Gasteiger partial charge in [-0.25, -0.2) is 0 Å². The molecule has 28 heavy (non-hydrogen) atoms. The van der Waals surface area contributed by atoms with Gasteiger partial charge < -0.3 is 30.7 Å². The minimum atomic E-state index is -1.26. The van der Waals surface area contributed by atoms with Crippen LogP contribution >= 0.6 is 0 Å². The van der Waals surface area contributed by atoms with Gasteiger partial charge in [0.2, 0.25) is 5.91 Å². The molecule has 3 rings (SSSR count). The number of aliphatic hydroxyl groups excluding tert-OH is 3. The predicted molar refractivity (Wildman–Crippen MR) is 106 cm³/mol. The fraction of sp³-hybridized carbons (Fsp3) is 0.952. The Morgan fingerprint density at radius 3 is 2.46 bits per heavy atom. The second-order valence-electron chi connectivity index (χ2n) is 9.42. The summed E-state index contributed by atoms with van der Waals surface area (Å²) in [5.41, 5.74) is 0. The summed E-state index contributed by atoms with van der Waals surface area (Å²) >= 11 is 0. The summed E-state index contributed by atoms with van der Waals surface area (Å²) in [5.74, 6) is 0.982. The summed E-state index contributed by atoms with van der Waals surface area (Å²) in [7, 11) is 0. The van der Waals surface area contributed by atoms with Gasteiger partial charge in [0.25, 0.3) is 0 Å². The third kappa shape index (κ3) is 5.05. The molecule has 2 aliphatic heterocycles. The Bertz CT molecular complexity index is 527. The molecule has 0 aromatic carbocycles. The highest BCUT2D eigenvalue weighted by molar-refractivity contribution is 5.82. The Labute approximate surface area is 168 Å². The molecule has 3 aliphatic rings. The van der Waals surface area contributed by atoms with Crippen molar-refractivity contribution in [2.45, 2.75) is 102 Å². The molecule has 1 amide bonds. The van der Waals surface area contributed by atoms with Crippen molar-refractivity contribution in [2.24, 2.45) is 17.8 Å². The van der Waals surface area contributed by atoms with Gasteiger partial charge in [0.1, 0.15) is 24.4 Å². The molecule has 2 heterocycles. The Morgan fingerprint density at radius 2 is 1.86 bits per heavy atom. The minimum Gasteiger partial charge on any atom is -0.388 e. The maximum Gasteiger partial charge on any atom is 0.237 e. The number of amides is 1. The van der Waals surface area contributed by atoms with Crippen molar-refractivity contribution in [2.75, 3.05) is 6.54 Å². The number of hydrogen-bond acceptors (Lipinski definition) is 6. The van der Waals surface area contributed by atoms with Gasteiger partial charge in [-0.15, -0.1) is 0 Å². The van der Waals surface area contributed by atoms with Crippen LogP contribution in [0.5, 0.6) is 0 Å². The lowest BCUT2D eigenvalue weighted by molar-refractivity contribution is -0.233. The molecule has 5 N–H and O–H groups in total. The third-order valence-electron chi connectivity index (χ3n) is 6.63. The van der Waals surface area contributed by atoms with Gasteiger partial charge >= 0.3 is 0 Å². The lowest BCUT2D eigenvalue weighted by Crippen LogP contribution is -2.65. The molecule has 162 valence electrons. The van der Waals surface area contributed by atoms with Crippen LogP contribution in [0.1, 0.15) is 59.3 Å². The van der Waals surface area contributed by atoms with Crippen LogP contribution in [-0.2, 0) is 9.53 Å². The van der Waals surface area contributed by atoms with E-state index in [1.807, 2.05) is 13.8 Å². The maximum absolute atomic E-state index is 12.9. The van der Waals surface area contributed by atoms with Crippen molar-refractivity contribution in [1.82, 2.24) is 10.6 Å². The van der Waals surface area contributed by atoms with Crippen LogP contribution in [0.2, 0.25) is 0 Å². The van der Waals surface area contributed by atoms with E-state index in [2.05, 4.69) is 17.6 Å². The number of hydrogen-bond donors (Lipinski definition) is 5. The quantitative estimate of drug-likeness (QED) is 0.408. The summed E-state index contributed by atoms with van der Waals surface area (Å²) < 4.78 is 6.08. The Morgan fingerprint density at radius 1 is 1.14 bits per heavy atom. The highest BCUT2D eigenvalue weighted by atomic mass is 16.5. The first-order valence-corrected chi connectivity index (χ1v) is 11.0. The topological polar surface area (TPSA) is 111 Å². The van der Waals surface area contributed by atoms with E-state index >= 15 is 0 Å². The van der Waals surface area contributed by atoms with Crippen LogP contribution in [0.3, 0.4) is 0 Å². The monoisotopic (exact) mass is 398 g/mol. The zero-order valence-electron chi connectivity index (χ0n) is 17.4. The second kappa shape index (κ2) is 9.39. The fourth-order valence-electron chi connectivity index (χ4n) is 4.68. The van der Waals surface area contributed by atoms with E-state index in [1.165, 1.54) is 0 Å². The number of nitrogens with one attached hydrogen (secondary N) is 2. The zero-order valence-corrected chi connectivity index (χ0v) is 17.4. The van der Waals surface area contributed by atoms with Gasteiger partial charge in [0, 0.05) is 0 Å².